The average Bonchev–Trinajstić information content (AvgIpc) is 3.56. The molecule has 0 spiro atoms. The molecule has 0 saturated heterocycles. The van der Waals surface area contributed by atoms with Gasteiger partial charge in [0.15, 0.2) is 17.6 Å². The van der Waals surface area contributed by atoms with E-state index in [1.165, 1.54) is 0 Å². The van der Waals surface area contributed by atoms with E-state index in [2.05, 4.69) is 11.2 Å². The van der Waals surface area contributed by atoms with E-state index in [4.69, 9.17) is 16.6 Å². The van der Waals surface area contributed by atoms with Crippen molar-refractivity contribution in [3.05, 3.63) is 59.9 Å². The predicted molar refractivity (Wildman–Crippen MR) is 140 cm³/mol. The van der Waals surface area contributed by atoms with Gasteiger partial charge in [-0.25, -0.2) is 8.78 Å². The van der Waals surface area contributed by atoms with E-state index >= 15 is 0 Å². The van der Waals surface area contributed by atoms with Crippen molar-refractivity contribution in [2.45, 2.75) is 62.5 Å². The second-order valence-corrected chi connectivity index (χ2v) is 10.7. The summed E-state index contributed by atoms with van der Waals surface area (Å²) in [6, 6.07) is 13.5. The van der Waals surface area contributed by atoms with Gasteiger partial charge in [0.05, 0.1) is 5.54 Å². The number of hydrogen-bond acceptors (Lipinski definition) is 5. The van der Waals surface area contributed by atoms with Crippen LogP contribution in [0.4, 0.5) is 8.78 Å². The number of aliphatic hydroxyl groups is 1. The number of terminal acetylenes is 1. The van der Waals surface area contributed by atoms with E-state index in [1.54, 1.807) is 42.5 Å². The number of halogens is 2. The van der Waals surface area contributed by atoms with Crippen LogP contribution in [0.5, 0.6) is 0 Å². The van der Waals surface area contributed by atoms with Crippen molar-refractivity contribution in [2.24, 2.45) is 11.1 Å². The van der Waals surface area contributed by atoms with Gasteiger partial charge in [0.2, 0.25) is 5.92 Å². The SMILES string of the molecule is C#CC1(CC(=O)C2(NC(=O)c3cc4ccc(-c5ccc(C(O)C(N)=O)cc5)cc4o3)CCC(F)(F)CC2)CC1. The summed E-state index contributed by atoms with van der Waals surface area (Å²) in [5.74, 6) is -2.08. The Balaban J connectivity index is 1.37. The fourth-order valence-corrected chi connectivity index (χ4v) is 5.14. The number of amides is 2. The number of carbonyl (C=O) groups is 3. The van der Waals surface area contributed by atoms with E-state index in [9.17, 15) is 28.3 Å². The lowest BCUT2D eigenvalue weighted by atomic mass is 9.74. The number of furan rings is 1. The zero-order valence-electron chi connectivity index (χ0n) is 21.1. The van der Waals surface area contributed by atoms with E-state index < -0.39 is 47.6 Å². The van der Waals surface area contributed by atoms with Crippen LogP contribution in [-0.4, -0.2) is 34.2 Å². The minimum absolute atomic E-state index is 0.0373. The first-order chi connectivity index (χ1) is 18.4. The highest BCUT2D eigenvalue weighted by molar-refractivity contribution is 6.01. The molecule has 2 fully saturated rings. The molecule has 2 aliphatic rings. The quantitative estimate of drug-likeness (QED) is 0.363. The molecule has 0 radical (unpaired) electrons. The maximum absolute atomic E-state index is 14.0. The van der Waals surface area contributed by atoms with Crippen LogP contribution in [0.3, 0.4) is 0 Å². The number of alkyl halides is 2. The first-order valence-corrected chi connectivity index (χ1v) is 12.8. The number of rotatable bonds is 8. The number of primary amides is 1. The molecule has 4 N–H and O–H groups in total. The average molecular weight is 535 g/mol. The standard InChI is InChI=1S/C30H28F2N2O5/c1-2-28(9-10-28)17-24(35)29(11-13-30(31,32)14-12-29)34-27(38)23-16-21-8-7-20(15-22(21)39-23)18-3-5-19(6-4-18)25(36)26(33)37/h1,3-8,15-16,25,36H,9-14,17H2,(H2,33,37)(H,34,38). The van der Waals surface area contributed by atoms with Gasteiger partial charge >= 0.3 is 0 Å². The summed E-state index contributed by atoms with van der Waals surface area (Å²) in [5.41, 5.74) is 5.49. The highest BCUT2D eigenvalue weighted by Crippen LogP contribution is 2.50. The molecule has 2 aromatic carbocycles. The minimum Gasteiger partial charge on any atom is -0.451 e. The third-order valence-electron chi connectivity index (χ3n) is 7.95. The van der Waals surface area contributed by atoms with E-state index in [0.29, 0.717) is 29.4 Å². The van der Waals surface area contributed by atoms with E-state index in [0.717, 1.165) is 11.1 Å². The summed E-state index contributed by atoms with van der Waals surface area (Å²) >= 11 is 0. The predicted octanol–water partition coefficient (Wildman–Crippen LogP) is 4.67. The summed E-state index contributed by atoms with van der Waals surface area (Å²) < 4.78 is 33.8. The third-order valence-corrected chi connectivity index (χ3v) is 7.95. The summed E-state index contributed by atoms with van der Waals surface area (Å²) in [6.07, 6.45) is 4.32. The molecule has 202 valence electrons. The molecule has 7 nitrogen and oxygen atoms in total. The molecule has 0 bridgehead atoms. The van der Waals surface area contributed by atoms with Crippen LogP contribution in [0, 0.1) is 17.8 Å². The molecule has 1 aromatic heterocycles. The summed E-state index contributed by atoms with van der Waals surface area (Å²) in [7, 11) is 0. The second kappa shape index (κ2) is 9.62. The number of nitrogens with one attached hydrogen (secondary N) is 1. The van der Waals surface area contributed by atoms with Gasteiger partial charge in [-0.15, -0.1) is 6.42 Å². The van der Waals surface area contributed by atoms with Gasteiger partial charge in [-0.1, -0.05) is 42.3 Å². The first-order valence-electron chi connectivity index (χ1n) is 12.8. The fourth-order valence-electron chi connectivity index (χ4n) is 5.14. The fraction of sp³-hybridized carbons (Fsp3) is 0.367. The smallest absolute Gasteiger partial charge is 0.287 e. The lowest BCUT2D eigenvalue weighted by Crippen LogP contribution is -2.58. The van der Waals surface area contributed by atoms with Crippen molar-refractivity contribution in [2.75, 3.05) is 0 Å². The van der Waals surface area contributed by atoms with Crippen LogP contribution in [0.1, 0.15) is 67.2 Å². The molecule has 1 unspecified atom stereocenters. The molecule has 0 aliphatic heterocycles. The molecule has 5 rings (SSSR count). The number of carbonyl (C=O) groups excluding carboxylic acids is 3. The molecule has 39 heavy (non-hydrogen) atoms. The Morgan fingerprint density at radius 1 is 1.00 bits per heavy atom. The van der Waals surface area contributed by atoms with Gasteiger partial charge in [0.25, 0.3) is 11.8 Å². The normalized spacial score (nSPS) is 19.5. The van der Waals surface area contributed by atoms with Crippen molar-refractivity contribution in [1.82, 2.24) is 5.32 Å². The van der Waals surface area contributed by atoms with Gasteiger partial charge < -0.3 is 20.6 Å². The van der Waals surface area contributed by atoms with Gasteiger partial charge in [-0.3, -0.25) is 14.4 Å². The van der Waals surface area contributed by atoms with Crippen LogP contribution >= 0.6 is 0 Å². The monoisotopic (exact) mass is 534 g/mol. The number of benzene rings is 2. The number of nitrogens with two attached hydrogens (primary N) is 1. The van der Waals surface area contributed by atoms with Crippen LogP contribution in [0.25, 0.3) is 22.1 Å². The zero-order valence-corrected chi connectivity index (χ0v) is 21.1. The Kier molecular flexibility index (Phi) is 6.55. The van der Waals surface area contributed by atoms with Crippen LogP contribution in [0.15, 0.2) is 52.9 Å². The molecule has 1 atom stereocenters. The summed E-state index contributed by atoms with van der Waals surface area (Å²) in [6.45, 7) is 0. The number of aliphatic hydroxyl groups excluding tert-OH is 1. The van der Waals surface area contributed by atoms with Crippen LogP contribution < -0.4 is 11.1 Å². The molecule has 1 heterocycles. The maximum Gasteiger partial charge on any atom is 0.287 e. The van der Waals surface area contributed by atoms with Gasteiger partial charge in [0, 0.05) is 30.1 Å². The number of Topliss-reactive ketones (excluding diaryl/α,β-unsaturated/α-hetero) is 1. The van der Waals surface area contributed by atoms with Crippen molar-refractivity contribution in [3.63, 3.8) is 0 Å². The number of ketones is 1. The number of fused-ring (bicyclic) bond motifs is 1. The van der Waals surface area contributed by atoms with Crippen LogP contribution in [0.2, 0.25) is 0 Å². The minimum atomic E-state index is -2.89. The van der Waals surface area contributed by atoms with E-state index in [1.807, 2.05) is 6.07 Å². The topological polar surface area (TPSA) is 123 Å². The van der Waals surface area contributed by atoms with Gasteiger partial charge in [0.1, 0.15) is 5.58 Å². The Morgan fingerprint density at radius 3 is 2.23 bits per heavy atom. The highest BCUT2D eigenvalue weighted by Gasteiger charge is 2.52. The Hall–Kier alpha value is -4.03. The largest absolute Gasteiger partial charge is 0.451 e. The summed E-state index contributed by atoms with van der Waals surface area (Å²) in [4.78, 5) is 37.8. The van der Waals surface area contributed by atoms with Crippen molar-refractivity contribution < 1.29 is 32.7 Å². The Morgan fingerprint density at radius 2 is 1.64 bits per heavy atom. The highest BCUT2D eigenvalue weighted by atomic mass is 19.3. The summed E-state index contributed by atoms with van der Waals surface area (Å²) in [5, 5.41) is 13.2. The van der Waals surface area contributed by atoms with Crippen molar-refractivity contribution >= 4 is 28.6 Å². The van der Waals surface area contributed by atoms with E-state index in [-0.39, 0.29) is 30.8 Å². The second-order valence-electron chi connectivity index (χ2n) is 10.7. The molecular formula is C30H28F2N2O5. The molecule has 2 saturated carbocycles. The zero-order chi connectivity index (χ0) is 28.0. The van der Waals surface area contributed by atoms with Crippen LogP contribution in [-0.2, 0) is 9.59 Å². The number of hydrogen-bond donors (Lipinski definition) is 3. The third kappa shape index (κ3) is 5.30. The molecule has 2 amide bonds. The van der Waals surface area contributed by atoms with Crippen molar-refractivity contribution in [1.29, 1.82) is 0 Å². The molecule has 3 aromatic rings. The molecular weight excluding hydrogens is 506 g/mol. The van der Waals surface area contributed by atoms with Gasteiger partial charge in [-0.05, 0) is 54.5 Å². The van der Waals surface area contributed by atoms with Crippen molar-refractivity contribution in [3.8, 4) is 23.5 Å². The Labute approximate surface area is 223 Å². The molecule has 2 aliphatic carbocycles. The first kappa shape index (κ1) is 26.6. The maximum atomic E-state index is 14.0. The molecule has 9 heteroatoms. The lowest BCUT2D eigenvalue weighted by Gasteiger charge is -2.39. The Bertz CT molecular complexity index is 1490. The lowest BCUT2D eigenvalue weighted by molar-refractivity contribution is -0.131. The van der Waals surface area contributed by atoms with Gasteiger partial charge in [-0.2, -0.15) is 0 Å².